The Bertz CT molecular complexity index is 321. The molecule has 0 spiro atoms. The first-order chi connectivity index (χ1) is 10.1. The van der Waals surface area contributed by atoms with Crippen molar-refractivity contribution in [1.82, 2.24) is 0 Å². The first-order valence-electron chi connectivity index (χ1n) is 7.52. The fourth-order valence-corrected chi connectivity index (χ4v) is 3.80. The van der Waals surface area contributed by atoms with Crippen molar-refractivity contribution in [3.63, 3.8) is 0 Å². The second kappa shape index (κ2) is 10.9. The molecule has 7 heteroatoms. The Balaban J connectivity index is 4.64. The van der Waals surface area contributed by atoms with Crippen LogP contribution in [0.4, 0.5) is 0 Å². The molecule has 0 atom stereocenters. The second-order valence-corrected chi connectivity index (χ2v) is 9.25. The van der Waals surface area contributed by atoms with Crippen molar-refractivity contribution in [3.8, 4) is 0 Å². The van der Waals surface area contributed by atoms with Crippen molar-refractivity contribution in [2.75, 3.05) is 0 Å². The van der Waals surface area contributed by atoms with E-state index in [9.17, 15) is 14.4 Å². The van der Waals surface area contributed by atoms with Gasteiger partial charge in [0.25, 0.3) is 0 Å². The van der Waals surface area contributed by atoms with Crippen LogP contribution in [0.15, 0.2) is 0 Å². The summed E-state index contributed by atoms with van der Waals surface area (Å²) in [6, 6.07) is 0. The third-order valence-electron chi connectivity index (χ3n) is 2.25. The van der Waals surface area contributed by atoms with Crippen molar-refractivity contribution in [3.05, 3.63) is 0 Å². The van der Waals surface area contributed by atoms with Crippen molar-refractivity contribution in [2.24, 2.45) is 17.8 Å². The molecule has 0 aliphatic carbocycles. The Hall–Kier alpha value is -0.772. The van der Waals surface area contributed by atoms with Gasteiger partial charge in [-0.1, -0.05) is 0 Å². The average Bonchev–Trinajstić information content (AvgIpc) is 2.23. The van der Waals surface area contributed by atoms with Gasteiger partial charge in [-0.15, -0.1) is 0 Å². The predicted molar refractivity (Wildman–Crippen MR) is 82.4 cm³/mol. The van der Waals surface area contributed by atoms with E-state index in [0.29, 0.717) is 0 Å². The molecule has 0 radical (unpaired) electrons. The average molecular weight is 425 g/mol. The van der Waals surface area contributed by atoms with Gasteiger partial charge in [-0.2, -0.15) is 0 Å². The Morgan fingerprint density at radius 3 is 1.05 bits per heavy atom. The SMILES string of the molecule is CC(C)CC(=O)[O][Sb]([O]C(=O)CC(C)C)[O]C(=O)CC(C)C. The van der Waals surface area contributed by atoms with Crippen LogP contribution in [0.2, 0.25) is 0 Å². The molecule has 0 rings (SSSR count). The molecule has 6 nitrogen and oxygen atoms in total. The first kappa shape index (κ1) is 21.2. The van der Waals surface area contributed by atoms with Gasteiger partial charge in [-0.25, -0.2) is 0 Å². The van der Waals surface area contributed by atoms with Crippen LogP contribution in [0.5, 0.6) is 0 Å². The number of rotatable bonds is 9. The van der Waals surface area contributed by atoms with E-state index in [4.69, 9.17) is 9.05 Å². The quantitative estimate of drug-likeness (QED) is 0.529. The topological polar surface area (TPSA) is 78.9 Å². The zero-order valence-corrected chi connectivity index (χ0v) is 16.8. The van der Waals surface area contributed by atoms with Crippen LogP contribution in [0, 0.1) is 17.8 Å². The number of hydrogen-bond donors (Lipinski definition) is 0. The first-order valence-corrected chi connectivity index (χ1v) is 10.6. The number of carbonyl (C=O) groups excluding carboxylic acids is 3. The zero-order chi connectivity index (χ0) is 17.3. The molecule has 0 saturated heterocycles. The van der Waals surface area contributed by atoms with Crippen molar-refractivity contribution < 1.29 is 23.4 Å². The molecule has 0 heterocycles. The van der Waals surface area contributed by atoms with Gasteiger partial charge < -0.3 is 0 Å². The van der Waals surface area contributed by atoms with Gasteiger partial charge in [-0.05, 0) is 0 Å². The van der Waals surface area contributed by atoms with Crippen LogP contribution in [0.25, 0.3) is 0 Å². The van der Waals surface area contributed by atoms with Crippen molar-refractivity contribution >= 4 is 39.4 Å². The second-order valence-electron chi connectivity index (χ2n) is 6.41. The van der Waals surface area contributed by atoms with E-state index >= 15 is 0 Å². The summed E-state index contributed by atoms with van der Waals surface area (Å²) in [7, 11) is 0. The standard InChI is InChI=1S/3C5H10O2.Sb/c3*1-4(2)3-5(6)7;/h3*4H,3H2,1-2H3,(H,6,7);/q;;;+3/p-3. The molecule has 0 aliphatic heterocycles. The Labute approximate surface area is 141 Å². The van der Waals surface area contributed by atoms with Gasteiger partial charge in [0, 0.05) is 0 Å². The van der Waals surface area contributed by atoms with E-state index in [1.165, 1.54) is 0 Å². The fourth-order valence-electron chi connectivity index (χ4n) is 1.42. The van der Waals surface area contributed by atoms with Crippen molar-refractivity contribution in [1.29, 1.82) is 0 Å². The molecule has 0 bridgehead atoms. The van der Waals surface area contributed by atoms with Crippen LogP contribution in [-0.4, -0.2) is 39.4 Å². The summed E-state index contributed by atoms with van der Waals surface area (Å²) in [5.41, 5.74) is 0. The molecule has 0 aromatic carbocycles. The molecule has 0 aromatic rings. The summed E-state index contributed by atoms with van der Waals surface area (Å²) >= 11 is -3.62. The van der Waals surface area contributed by atoms with E-state index in [0.717, 1.165) is 0 Å². The minimum absolute atomic E-state index is 0.118. The summed E-state index contributed by atoms with van der Waals surface area (Å²) in [6.07, 6.45) is 0.596. The maximum absolute atomic E-state index is 11.7. The van der Waals surface area contributed by atoms with E-state index in [1.54, 1.807) is 0 Å². The third kappa shape index (κ3) is 11.8. The molecule has 0 aliphatic rings. The number of hydrogen-bond acceptors (Lipinski definition) is 6. The molecule has 22 heavy (non-hydrogen) atoms. The normalized spacial score (nSPS) is 11.2. The van der Waals surface area contributed by atoms with Crippen LogP contribution in [0.3, 0.4) is 0 Å². The molecular formula is C15H27O6Sb. The van der Waals surface area contributed by atoms with E-state index in [1.807, 2.05) is 41.5 Å². The van der Waals surface area contributed by atoms with E-state index in [-0.39, 0.29) is 37.0 Å². The summed E-state index contributed by atoms with van der Waals surface area (Å²) in [5.74, 6) is -1.12. The van der Waals surface area contributed by atoms with Crippen LogP contribution in [0.1, 0.15) is 60.8 Å². The summed E-state index contributed by atoms with van der Waals surface area (Å²) in [6.45, 7) is 11.2. The third-order valence-corrected chi connectivity index (χ3v) is 5.27. The molecular weight excluding hydrogens is 398 g/mol. The maximum atomic E-state index is 11.7. The Morgan fingerprint density at radius 2 is 0.864 bits per heavy atom. The Kier molecular flexibility index (Phi) is 10.5. The fraction of sp³-hybridized carbons (Fsp3) is 0.800. The summed E-state index contributed by atoms with van der Waals surface area (Å²) in [4.78, 5) is 35.1. The zero-order valence-electron chi connectivity index (χ0n) is 14.3. The Morgan fingerprint density at radius 1 is 0.636 bits per heavy atom. The molecule has 0 N–H and O–H groups in total. The minimum atomic E-state index is -3.62. The molecule has 128 valence electrons. The molecule has 0 saturated carbocycles. The van der Waals surface area contributed by atoms with Gasteiger partial charge >= 0.3 is 141 Å². The van der Waals surface area contributed by atoms with Gasteiger partial charge in [-0.3, -0.25) is 0 Å². The number of carbonyl (C=O) groups is 3. The van der Waals surface area contributed by atoms with E-state index < -0.39 is 39.4 Å². The molecule has 0 amide bonds. The monoisotopic (exact) mass is 424 g/mol. The summed E-state index contributed by atoms with van der Waals surface area (Å²) < 4.78 is 15.4. The van der Waals surface area contributed by atoms with Crippen molar-refractivity contribution in [2.45, 2.75) is 60.8 Å². The van der Waals surface area contributed by atoms with E-state index in [2.05, 4.69) is 0 Å². The van der Waals surface area contributed by atoms with Crippen LogP contribution >= 0.6 is 0 Å². The van der Waals surface area contributed by atoms with Gasteiger partial charge in [0.05, 0.1) is 0 Å². The summed E-state index contributed by atoms with van der Waals surface area (Å²) in [5, 5.41) is 0. The molecule has 0 aromatic heterocycles. The van der Waals surface area contributed by atoms with Gasteiger partial charge in [0.1, 0.15) is 0 Å². The predicted octanol–water partition coefficient (Wildman–Crippen LogP) is 2.74. The van der Waals surface area contributed by atoms with Gasteiger partial charge in [0.15, 0.2) is 0 Å². The van der Waals surface area contributed by atoms with Crippen LogP contribution < -0.4 is 0 Å². The van der Waals surface area contributed by atoms with Gasteiger partial charge in [0.2, 0.25) is 0 Å². The van der Waals surface area contributed by atoms with Crippen LogP contribution in [-0.2, 0) is 23.4 Å². The molecule has 0 fully saturated rings. The molecule has 0 unspecified atom stereocenters.